The molecule has 1 N–H and O–H groups in total. The topological polar surface area (TPSA) is 58.4 Å². The van der Waals surface area contributed by atoms with Crippen molar-refractivity contribution in [1.29, 1.82) is 0 Å². The van der Waals surface area contributed by atoms with Gasteiger partial charge in [-0.05, 0) is 50.3 Å². The van der Waals surface area contributed by atoms with E-state index in [-0.39, 0.29) is 11.9 Å². The maximum atomic E-state index is 14.1. The molecule has 0 unspecified atom stereocenters. The van der Waals surface area contributed by atoms with Gasteiger partial charge in [0.2, 0.25) is 0 Å². The highest BCUT2D eigenvalue weighted by Gasteiger charge is 2.30. The molecule has 7 heteroatoms. The number of anilines is 1. The number of pyridine rings is 1. The Morgan fingerprint density at radius 3 is 3.14 bits per heavy atom. The van der Waals surface area contributed by atoms with Crippen LogP contribution >= 0.6 is 0 Å². The third kappa shape index (κ3) is 2.82. The molecule has 0 spiro atoms. The number of fused-ring (bicyclic) bond motifs is 5. The molecule has 0 radical (unpaired) electrons. The Hall–Kier alpha value is -2.96. The maximum absolute atomic E-state index is 14.1. The van der Waals surface area contributed by atoms with Crippen LogP contribution in [-0.4, -0.2) is 32.1 Å². The summed E-state index contributed by atoms with van der Waals surface area (Å²) in [6.07, 6.45) is 7.89. The van der Waals surface area contributed by atoms with E-state index in [1.54, 1.807) is 16.8 Å². The molecular formula is C21H23FN6. The molecule has 0 saturated carbocycles. The van der Waals surface area contributed by atoms with E-state index >= 15 is 0 Å². The molecule has 0 aliphatic carbocycles. The second-order valence-electron chi connectivity index (χ2n) is 7.54. The molecule has 5 rings (SSSR count). The van der Waals surface area contributed by atoms with Gasteiger partial charge in [-0.2, -0.15) is 5.10 Å². The van der Waals surface area contributed by atoms with E-state index in [0.717, 1.165) is 42.0 Å². The fraction of sp³-hybridized carbons (Fsp3) is 0.381. The minimum absolute atomic E-state index is 0.0171. The highest BCUT2D eigenvalue weighted by molar-refractivity contribution is 5.74. The molecule has 0 amide bonds. The van der Waals surface area contributed by atoms with Crippen LogP contribution in [0.2, 0.25) is 0 Å². The lowest BCUT2D eigenvalue weighted by Crippen LogP contribution is -2.26. The molecule has 0 aromatic carbocycles. The minimum atomic E-state index is -0.959. The first-order valence-corrected chi connectivity index (χ1v) is 9.64. The molecule has 2 aliphatic rings. The summed E-state index contributed by atoms with van der Waals surface area (Å²) < 4.78 is 24.6. The van der Waals surface area contributed by atoms with Gasteiger partial charge >= 0.3 is 0 Å². The van der Waals surface area contributed by atoms with Gasteiger partial charge in [0.1, 0.15) is 11.6 Å². The monoisotopic (exact) mass is 379 g/mol. The van der Waals surface area contributed by atoms with Crippen molar-refractivity contribution in [2.75, 3.05) is 11.4 Å². The molecule has 3 aromatic heterocycles. The van der Waals surface area contributed by atoms with Crippen LogP contribution in [0.4, 0.5) is 10.2 Å². The zero-order valence-electron chi connectivity index (χ0n) is 16.8. The van der Waals surface area contributed by atoms with Crippen LogP contribution < -0.4 is 10.2 Å². The van der Waals surface area contributed by atoms with Crippen LogP contribution in [0.25, 0.3) is 11.3 Å². The molecule has 1 saturated heterocycles. The standard InChI is InChI=1S/C21H23FN6/c1-13-5-6-18-16(10-15(22)11-23-18)19-4-3-8-27(19)20-7-9-28-21(26-20)17(12-24-28)14(2)25-13/h7,9-13,19,25H,2-6,8H2,1H3/t13-,19+/m1/s1/i13D. The van der Waals surface area contributed by atoms with Crippen molar-refractivity contribution in [2.24, 2.45) is 0 Å². The fourth-order valence-electron chi connectivity index (χ4n) is 4.27. The predicted octanol–water partition coefficient (Wildman–Crippen LogP) is 3.50. The lowest BCUT2D eigenvalue weighted by atomic mass is 9.98. The second-order valence-corrected chi connectivity index (χ2v) is 7.54. The Morgan fingerprint density at radius 2 is 2.25 bits per heavy atom. The number of halogens is 1. The van der Waals surface area contributed by atoms with Gasteiger partial charge < -0.3 is 10.2 Å². The normalized spacial score (nSPS) is 25.4. The molecule has 2 bridgehead atoms. The zero-order chi connectivity index (χ0) is 20.2. The van der Waals surface area contributed by atoms with Gasteiger partial charge in [-0.15, -0.1) is 0 Å². The largest absolute Gasteiger partial charge is 0.382 e. The second kappa shape index (κ2) is 6.58. The molecule has 144 valence electrons. The van der Waals surface area contributed by atoms with E-state index in [2.05, 4.69) is 26.9 Å². The summed E-state index contributed by atoms with van der Waals surface area (Å²) in [6, 6.07) is 2.60. The molecule has 2 aliphatic heterocycles. The van der Waals surface area contributed by atoms with Gasteiger partial charge in [0.05, 0.1) is 25.4 Å². The van der Waals surface area contributed by atoms with Gasteiger partial charge in [0.25, 0.3) is 0 Å². The highest BCUT2D eigenvalue weighted by Crippen LogP contribution is 2.37. The first kappa shape index (κ1) is 16.0. The minimum Gasteiger partial charge on any atom is -0.382 e. The average Bonchev–Trinajstić information content (AvgIpc) is 3.32. The van der Waals surface area contributed by atoms with E-state index in [9.17, 15) is 4.39 Å². The summed E-state index contributed by atoms with van der Waals surface area (Å²) in [7, 11) is 0. The van der Waals surface area contributed by atoms with Crippen molar-refractivity contribution >= 4 is 17.2 Å². The van der Waals surface area contributed by atoms with Crippen molar-refractivity contribution in [3.05, 3.63) is 59.9 Å². The van der Waals surface area contributed by atoms with E-state index < -0.39 is 6.02 Å². The zero-order valence-corrected chi connectivity index (χ0v) is 15.8. The summed E-state index contributed by atoms with van der Waals surface area (Å²) in [5.74, 6) is 0.499. The van der Waals surface area contributed by atoms with E-state index in [1.165, 1.54) is 6.20 Å². The van der Waals surface area contributed by atoms with Gasteiger partial charge in [-0.25, -0.2) is 13.9 Å². The van der Waals surface area contributed by atoms with Crippen LogP contribution in [-0.2, 0) is 6.42 Å². The third-order valence-electron chi connectivity index (χ3n) is 5.66. The number of rotatable bonds is 0. The Kier molecular flexibility index (Phi) is 3.77. The first-order valence-electron chi connectivity index (χ1n) is 10.1. The van der Waals surface area contributed by atoms with Gasteiger partial charge in [-0.1, -0.05) is 6.58 Å². The van der Waals surface area contributed by atoms with Gasteiger partial charge in [0.15, 0.2) is 5.65 Å². The predicted molar refractivity (Wildman–Crippen MR) is 106 cm³/mol. The summed E-state index contributed by atoms with van der Waals surface area (Å²) in [5.41, 5.74) is 3.83. The van der Waals surface area contributed by atoms with Crippen LogP contribution in [0.1, 0.15) is 50.4 Å². The SMILES string of the molecule is [2H][C@@]1(C)CCc2ncc(F)cc2[C@@H]2CCCN2c2ccn3ncc(c3n2)C(=C)N1. The Bertz CT molecular complexity index is 1110. The van der Waals surface area contributed by atoms with E-state index in [1.807, 2.05) is 19.2 Å². The van der Waals surface area contributed by atoms with E-state index in [0.29, 0.717) is 24.2 Å². The Morgan fingerprint density at radius 1 is 1.36 bits per heavy atom. The van der Waals surface area contributed by atoms with Crippen LogP contribution in [0.5, 0.6) is 0 Å². The number of hydrogen-bond donors (Lipinski definition) is 1. The fourth-order valence-corrected chi connectivity index (χ4v) is 4.27. The van der Waals surface area contributed by atoms with Crippen molar-refractivity contribution in [3.63, 3.8) is 0 Å². The quantitative estimate of drug-likeness (QED) is 0.648. The molecule has 3 aromatic rings. The third-order valence-corrected chi connectivity index (χ3v) is 5.66. The summed E-state index contributed by atoms with van der Waals surface area (Å²) in [5, 5.41) is 7.58. The van der Waals surface area contributed by atoms with Gasteiger partial charge in [-0.3, -0.25) is 4.98 Å². The molecular weight excluding hydrogens is 355 g/mol. The number of hydrogen-bond acceptors (Lipinski definition) is 5. The number of nitrogens with one attached hydrogen (secondary N) is 1. The Labute approximate surface area is 164 Å². The first-order chi connectivity index (χ1) is 13.9. The van der Waals surface area contributed by atoms with Crippen molar-refractivity contribution in [3.8, 4) is 0 Å². The maximum Gasteiger partial charge on any atom is 0.166 e. The smallest absolute Gasteiger partial charge is 0.166 e. The lowest BCUT2D eigenvalue weighted by molar-refractivity contribution is 0.575. The van der Waals surface area contributed by atoms with Crippen LogP contribution in [0.15, 0.2) is 37.3 Å². The summed E-state index contributed by atoms with van der Waals surface area (Å²) >= 11 is 0. The van der Waals surface area contributed by atoms with Crippen molar-refractivity contribution in [2.45, 2.75) is 44.7 Å². The Balaban J connectivity index is 1.70. The summed E-state index contributed by atoms with van der Waals surface area (Å²) in [6.45, 7) is 6.79. The van der Waals surface area contributed by atoms with E-state index in [4.69, 9.17) is 6.35 Å². The molecule has 28 heavy (non-hydrogen) atoms. The van der Waals surface area contributed by atoms with Crippen LogP contribution in [0.3, 0.4) is 0 Å². The summed E-state index contributed by atoms with van der Waals surface area (Å²) in [4.78, 5) is 11.5. The molecule has 6 nitrogen and oxygen atoms in total. The van der Waals surface area contributed by atoms with Gasteiger partial charge in [0, 0.05) is 30.2 Å². The van der Waals surface area contributed by atoms with Crippen LogP contribution in [0, 0.1) is 5.82 Å². The van der Waals surface area contributed by atoms with Crippen molar-refractivity contribution in [1.82, 2.24) is 24.9 Å². The number of aryl methyl sites for hydroxylation is 1. The molecule has 1 fully saturated rings. The number of nitrogens with zero attached hydrogens (tertiary/aromatic N) is 5. The average molecular weight is 379 g/mol. The molecule has 5 heterocycles. The highest BCUT2D eigenvalue weighted by atomic mass is 19.1. The van der Waals surface area contributed by atoms with Crippen molar-refractivity contribution < 1.29 is 5.76 Å². The molecule has 2 atom stereocenters. The lowest BCUT2D eigenvalue weighted by Gasteiger charge is -2.27. The number of aromatic nitrogens is 4.